The largest absolute Gasteiger partial charge is 0.495 e. The van der Waals surface area contributed by atoms with Crippen LogP contribution in [0.3, 0.4) is 0 Å². The lowest BCUT2D eigenvalue weighted by Gasteiger charge is -2.18. The predicted octanol–water partition coefficient (Wildman–Crippen LogP) is 4.28. The molecule has 0 bridgehead atoms. The summed E-state index contributed by atoms with van der Waals surface area (Å²) in [5.74, 6) is -0.670. The Labute approximate surface area is 167 Å². The van der Waals surface area contributed by atoms with Gasteiger partial charge in [-0.25, -0.2) is 4.79 Å². The molecule has 0 aliphatic heterocycles. The number of nitrogens with zero attached hydrogens (tertiary/aromatic N) is 1. The Balaban J connectivity index is 1.83. The molecule has 0 unspecified atom stereocenters. The molecule has 0 saturated carbocycles. The first-order chi connectivity index (χ1) is 13.6. The average molecular weight is 397 g/mol. The number of pyridine rings is 1. The van der Waals surface area contributed by atoms with Crippen LogP contribution in [0.25, 0.3) is 0 Å². The number of halogens is 1. The highest BCUT2D eigenvalue weighted by molar-refractivity contribution is 6.32. The minimum atomic E-state index is -1.14. The van der Waals surface area contributed by atoms with Crippen molar-refractivity contribution in [1.82, 2.24) is 4.98 Å². The standard InChI is InChI=1S/C21H17ClN2O4/c1-27-18-10-9-16(12-17(18)22)24-20(25)19(14-6-3-2-4-7-14)28-21(26)15-8-5-11-23-13-15/h2-13,19H,1H3,(H,24,25)/t19-/m0/s1. The Morgan fingerprint density at radius 3 is 2.50 bits per heavy atom. The van der Waals surface area contributed by atoms with Crippen LogP contribution >= 0.6 is 11.6 Å². The summed E-state index contributed by atoms with van der Waals surface area (Å²) in [5, 5.41) is 3.07. The third-order valence-electron chi connectivity index (χ3n) is 3.88. The molecule has 1 heterocycles. The van der Waals surface area contributed by atoms with Gasteiger partial charge in [0.15, 0.2) is 0 Å². The predicted molar refractivity (Wildman–Crippen MR) is 105 cm³/mol. The number of amides is 1. The van der Waals surface area contributed by atoms with E-state index >= 15 is 0 Å². The molecule has 0 spiro atoms. The zero-order valence-corrected chi connectivity index (χ0v) is 15.7. The van der Waals surface area contributed by atoms with Crippen LogP contribution in [0.4, 0.5) is 5.69 Å². The molecule has 3 aromatic rings. The first-order valence-corrected chi connectivity index (χ1v) is 8.76. The highest BCUT2D eigenvalue weighted by atomic mass is 35.5. The second kappa shape index (κ2) is 9.01. The number of methoxy groups -OCH3 is 1. The molecule has 7 heteroatoms. The van der Waals surface area contributed by atoms with E-state index < -0.39 is 18.0 Å². The van der Waals surface area contributed by atoms with Crippen LogP contribution in [0.1, 0.15) is 22.0 Å². The fraction of sp³-hybridized carbons (Fsp3) is 0.0952. The van der Waals surface area contributed by atoms with E-state index in [4.69, 9.17) is 21.1 Å². The van der Waals surface area contributed by atoms with Crippen molar-refractivity contribution in [3.05, 3.63) is 89.2 Å². The topological polar surface area (TPSA) is 77.5 Å². The fourth-order valence-electron chi connectivity index (χ4n) is 2.51. The first kappa shape index (κ1) is 19.4. The summed E-state index contributed by atoms with van der Waals surface area (Å²) in [5.41, 5.74) is 1.25. The van der Waals surface area contributed by atoms with Crippen molar-refractivity contribution in [2.24, 2.45) is 0 Å². The van der Waals surface area contributed by atoms with E-state index in [0.717, 1.165) is 0 Å². The van der Waals surface area contributed by atoms with Gasteiger partial charge in [-0.1, -0.05) is 41.9 Å². The number of anilines is 1. The summed E-state index contributed by atoms with van der Waals surface area (Å²) in [6.45, 7) is 0. The third-order valence-corrected chi connectivity index (χ3v) is 4.18. The molecule has 142 valence electrons. The van der Waals surface area contributed by atoms with Crippen LogP contribution in [0, 0.1) is 0 Å². The molecule has 1 atom stereocenters. The van der Waals surface area contributed by atoms with E-state index in [1.807, 2.05) is 6.07 Å². The Morgan fingerprint density at radius 1 is 1.07 bits per heavy atom. The lowest BCUT2D eigenvalue weighted by Crippen LogP contribution is -2.26. The monoisotopic (exact) mass is 396 g/mol. The molecule has 3 rings (SSSR count). The molecular weight excluding hydrogens is 380 g/mol. The number of ether oxygens (including phenoxy) is 2. The number of aromatic nitrogens is 1. The number of hydrogen-bond donors (Lipinski definition) is 1. The molecular formula is C21H17ClN2O4. The van der Waals surface area contributed by atoms with Gasteiger partial charge in [-0.2, -0.15) is 0 Å². The first-order valence-electron chi connectivity index (χ1n) is 8.39. The van der Waals surface area contributed by atoms with Crippen LogP contribution in [0.2, 0.25) is 5.02 Å². The number of carbonyl (C=O) groups is 2. The van der Waals surface area contributed by atoms with Gasteiger partial charge in [0, 0.05) is 23.6 Å². The van der Waals surface area contributed by atoms with Crippen LogP contribution in [0.15, 0.2) is 73.1 Å². The minimum Gasteiger partial charge on any atom is -0.495 e. The molecule has 0 aliphatic carbocycles. The van der Waals surface area contributed by atoms with Gasteiger partial charge in [-0.3, -0.25) is 9.78 Å². The molecule has 28 heavy (non-hydrogen) atoms. The van der Waals surface area contributed by atoms with Gasteiger partial charge in [0.2, 0.25) is 6.10 Å². The Morgan fingerprint density at radius 2 is 1.86 bits per heavy atom. The van der Waals surface area contributed by atoms with Gasteiger partial charge in [0.1, 0.15) is 5.75 Å². The average Bonchev–Trinajstić information content (AvgIpc) is 2.73. The van der Waals surface area contributed by atoms with Crippen molar-refractivity contribution in [3.8, 4) is 5.75 Å². The normalized spacial score (nSPS) is 11.4. The maximum atomic E-state index is 12.9. The van der Waals surface area contributed by atoms with E-state index in [2.05, 4.69) is 10.3 Å². The smallest absolute Gasteiger partial charge is 0.340 e. The lowest BCUT2D eigenvalue weighted by molar-refractivity contribution is -0.125. The third kappa shape index (κ3) is 4.66. The summed E-state index contributed by atoms with van der Waals surface area (Å²) in [6.07, 6.45) is 1.78. The second-order valence-corrected chi connectivity index (χ2v) is 6.18. The number of rotatable bonds is 6. The van der Waals surface area contributed by atoms with Crippen molar-refractivity contribution in [3.63, 3.8) is 0 Å². The number of benzene rings is 2. The molecule has 0 fully saturated rings. The van der Waals surface area contributed by atoms with Crippen molar-refractivity contribution in [1.29, 1.82) is 0 Å². The van der Waals surface area contributed by atoms with Crippen molar-refractivity contribution in [2.45, 2.75) is 6.10 Å². The number of nitrogens with one attached hydrogen (secondary N) is 1. The summed E-state index contributed by atoms with van der Waals surface area (Å²) >= 11 is 6.11. The highest BCUT2D eigenvalue weighted by Gasteiger charge is 2.26. The molecule has 0 aliphatic rings. The zero-order valence-electron chi connectivity index (χ0n) is 15.0. The minimum absolute atomic E-state index is 0.253. The number of carbonyl (C=O) groups excluding carboxylic acids is 2. The fourth-order valence-corrected chi connectivity index (χ4v) is 2.77. The van der Waals surface area contributed by atoms with Gasteiger partial charge >= 0.3 is 5.97 Å². The van der Waals surface area contributed by atoms with E-state index in [0.29, 0.717) is 22.0 Å². The maximum absolute atomic E-state index is 12.9. The quantitative estimate of drug-likeness (QED) is 0.629. The Bertz CT molecular complexity index is 965. The second-order valence-electron chi connectivity index (χ2n) is 5.78. The summed E-state index contributed by atoms with van der Waals surface area (Å²) in [6, 6.07) is 16.8. The van der Waals surface area contributed by atoms with Crippen LogP contribution in [-0.4, -0.2) is 24.0 Å². The molecule has 1 amide bonds. The van der Waals surface area contributed by atoms with Gasteiger partial charge in [-0.15, -0.1) is 0 Å². The van der Waals surface area contributed by atoms with Gasteiger partial charge < -0.3 is 14.8 Å². The Hall–Kier alpha value is -3.38. The van der Waals surface area contributed by atoms with E-state index in [1.54, 1.807) is 60.8 Å². The SMILES string of the molecule is COc1ccc(NC(=O)[C@@H](OC(=O)c2cccnc2)c2ccccc2)cc1Cl. The van der Waals surface area contributed by atoms with Crippen LogP contribution < -0.4 is 10.1 Å². The van der Waals surface area contributed by atoms with Gasteiger partial charge in [-0.05, 0) is 30.3 Å². The molecule has 2 aromatic carbocycles. The number of esters is 1. The van der Waals surface area contributed by atoms with Crippen molar-refractivity contribution >= 4 is 29.2 Å². The zero-order chi connectivity index (χ0) is 19.9. The molecule has 0 radical (unpaired) electrons. The maximum Gasteiger partial charge on any atom is 0.340 e. The Kier molecular flexibility index (Phi) is 6.24. The molecule has 0 saturated heterocycles. The van der Waals surface area contributed by atoms with E-state index in [9.17, 15) is 9.59 Å². The number of hydrogen-bond acceptors (Lipinski definition) is 5. The highest BCUT2D eigenvalue weighted by Crippen LogP contribution is 2.28. The summed E-state index contributed by atoms with van der Waals surface area (Å²) in [4.78, 5) is 29.2. The van der Waals surface area contributed by atoms with Crippen molar-refractivity contribution < 1.29 is 19.1 Å². The van der Waals surface area contributed by atoms with E-state index in [-0.39, 0.29) is 5.56 Å². The molecule has 1 N–H and O–H groups in total. The van der Waals surface area contributed by atoms with Crippen LogP contribution in [-0.2, 0) is 9.53 Å². The van der Waals surface area contributed by atoms with E-state index in [1.165, 1.54) is 13.3 Å². The van der Waals surface area contributed by atoms with Crippen LogP contribution in [0.5, 0.6) is 5.75 Å². The molecule has 6 nitrogen and oxygen atoms in total. The summed E-state index contributed by atoms with van der Waals surface area (Å²) < 4.78 is 10.6. The molecule has 1 aromatic heterocycles. The van der Waals surface area contributed by atoms with Gasteiger partial charge in [0.25, 0.3) is 5.91 Å². The van der Waals surface area contributed by atoms with Crippen molar-refractivity contribution in [2.75, 3.05) is 12.4 Å². The summed E-state index contributed by atoms with van der Waals surface area (Å²) in [7, 11) is 1.50. The van der Waals surface area contributed by atoms with Gasteiger partial charge in [0.05, 0.1) is 17.7 Å². The lowest BCUT2D eigenvalue weighted by atomic mass is 10.1.